The lowest BCUT2D eigenvalue weighted by Gasteiger charge is -2.31. The Labute approximate surface area is 232 Å². The molecule has 0 spiro atoms. The van der Waals surface area contributed by atoms with Crippen molar-refractivity contribution in [2.24, 2.45) is 0 Å². The summed E-state index contributed by atoms with van der Waals surface area (Å²) in [7, 11) is 0. The van der Waals surface area contributed by atoms with Gasteiger partial charge in [0.25, 0.3) is 0 Å². The lowest BCUT2D eigenvalue weighted by molar-refractivity contribution is -0.118. The molecule has 3 aromatic carbocycles. The van der Waals surface area contributed by atoms with Crippen LogP contribution in [0.25, 0.3) is 21.3 Å². The normalized spacial score (nSPS) is 13.0. The number of hydrogen-bond donors (Lipinski definition) is 0. The molecule has 0 radical (unpaired) electrons. The Bertz CT molecular complexity index is 1640. The smallest absolute Gasteiger partial charge is 0.227 e. The zero-order valence-electron chi connectivity index (χ0n) is 22.4. The van der Waals surface area contributed by atoms with Gasteiger partial charge >= 0.3 is 0 Å². The quantitative estimate of drug-likeness (QED) is 0.201. The van der Waals surface area contributed by atoms with Crippen LogP contribution in [0.5, 0.6) is 5.75 Å². The van der Waals surface area contributed by atoms with Gasteiger partial charge in [-0.1, -0.05) is 30.3 Å². The van der Waals surface area contributed by atoms with Crippen LogP contribution in [0.2, 0.25) is 0 Å². The summed E-state index contributed by atoms with van der Waals surface area (Å²) in [6, 6.07) is 18.7. The van der Waals surface area contributed by atoms with Crippen molar-refractivity contribution in [1.82, 2.24) is 14.8 Å². The van der Waals surface area contributed by atoms with Crippen LogP contribution in [-0.2, 0) is 17.8 Å². The van der Waals surface area contributed by atoms with Gasteiger partial charge in [-0.25, -0.2) is 4.98 Å². The zero-order valence-corrected chi connectivity index (χ0v) is 23.2. The molecule has 0 atom stereocenters. The first kappa shape index (κ1) is 25.3. The van der Waals surface area contributed by atoms with Gasteiger partial charge < -0.3 is 9.64 Å². The highest BCUT2D eigenvalue weighted by Gasteiger charge is 2.24. The molecule has 0 unspecified atom stereocenters. The minimum atomic E-state index is 0.159. The van der Waals surface area contributed by atoms with E-state index in [9.17, 15) is 4.79 Å². The first-order valence-electron chi connectivity index (χ1n) is 13.5. The molecule has 198 valence electrons. The number of ether oxygens (including phenoxy) is 1. The van der Waals surface area contributed by atoms with Gasteiger partial charge in [-0.3, -0.25) is 9.48 Å². The molecule has 3 heterocycles. The molecule has 0 saturated heterocycles. The molecule has 0 saturated carbocycles. The van der Waals surface area contributed by atoms with Gasteiger partial charge in [-0.2, -0.15) is 5.10 Å². The Kier molecular flexibility index (Phi) is 7.16. The molecule has 0 aliphatic carbocycles. The second-order valence-electron chi connectivity index (χ2n) is 10.2. The highest BCUT2D eigenvalue weighted by atomic mass is 32.1. The van der Waals surface area contributed by atoms with Gasteiger partial charge in [0.2, 0.25) is 5.91 Å². The third kappa shape index (κ3) is 5.32. The van der Waals surface area contributed by atoms with E-state index in [2.05, 4.69) is 72.6 Å². The molecule has 2 aromatic heterocycles. The highest BCUT2D eigenvalue weighted by Crippen LogP contribution is 2.36. The molecule has 39 heavy (non-hydrogen) atoms. The van der Waals surface area contributed by atoms with Gasteiger partial charge in [-0.05, 0) is 85.2 Å². The third-order valence-corrected chi connectivity index (χ3v) is 8.38. The Morgan fingerprint density at radius 2 is 2.00 bits per heavy atom. The largest absolute Gasteiger partial charge is 0.493 e. The van der Waals surface area contributed by atoms with Crippen LogP contribution >= 0.6 is 11.3 Å². The summed E-state index contributed by atoms with van der Waals surface area (Å²) in [5.41, 5.74) is 11.0. The SMILES string of the molecule is Cc1cccc(OCCCC(=O)N2CCCc3c(-c4cnn(Cc5ccc6ncsc6c5)c4)cccc32)c1C. The topological polar surface area (TPSA) is 60.2 Å². The van der Waals surface area contributed by atoms with Gasteiger partial charge in [0.1, 0.15) is 5.75 Å². The number of amides is 1. The number of aromatic nitrogens is 3. The van der Waals surface area contributed by atoms with Crippen molar-refractivity contribution >= 4 is 33.1 Å². The standard InChI is InChI=1S/C32H32N4O2S/c1-22-7-3-11-30(23(22)2)38-16-6-12-32(37)36-15-5-9-27-26(8-4-10-29(27)36)25-18-34-35(20-25)19-24-13-14-28-31(17-24)39-21-33-28/h3-4,7-8,10-11,13-14,17-18,20-21H,5-6,9,12,15-16,19H2,1-2H3. The van der Waals surface area contributed by atoms with Gasteiger partial charge in [0, 0.05) is 30.4 Å². The maximum atomic E-state index is 13.3. The lowest BCUT2D eigenvalue weighted by Crippen LogP contribution is -2.35. The summed E-state index contributed by atoms with van der Waals surface area (Å²) >= 11 is 1.66. The van der Waals surface area contributed by atoms with E-state index in [1.54, 1.807) is 11.3 Å². The minimum absolute atomic E-state index is 0.159. The van der Waals surface area contributed by atoms with Crippen molar-refractivity contribution in [2.45, 2.75) is 46.1 Å². The highest BCUT2D eigenvalue weighted by molar-refractivity contribution is 7.16. The van der Waals surface area contributed by atoms with E-state index in [1.165, 1.54) is 21.4 Å². The summed E-state index contributed by atoms with van der Waals surface area (Å²) < 4.78 is 9.16. The molecule has 1 aliphatic heterocycles. The van der Waals surface area contributed by atoms with E-state index in [0.717, 1.165) is 53.0 Å². The molecule has 1 aliphatic rings. The molecule has 0 bridgehead atoms. The summed E-state index contributed by atoms with van der Waals surface area (Å²) in [4.78, 5) is 19.6. The molecule has 6 nitrogen and oxygen atoms in total. The predicted octanol–water partition coefficient (Wildman–Crippen LogP) is 6.96. The number of nitrogens with zero attached hydrogens (tertiary/aromatic N) is 4. The van der Waals surface area contributed by atoms with Crippen molar-refractivity contribution in [3.63, 3.8) is 0 Å². The Morgan fingerprint density at radius 3 is 2.92 bits per heavy atom. The molecule has 0 fully saturated rings. The Balaban J connectivity index is 1.13. The van der Waals surface area contributed by atoms with Crippen molar-refractivity contribution < 1.29 is 9.53 Å². The van der Waals surface area contributed by atoms with E-state index in [-0.39, 0.29) is 5.91 Å². The molecular formula is C32H32N4O2S. The van der Waals surface area contributed by atoms with E-state index in [1.807, 2.05) is 33.4 Å². The number of carbonyl (C=O) groups is 1. The fourth-order valence-corrected chi connectivity index (χ4v) is 6.09. The average Bonchev–Trinajstić information content (AvgIpc) is 3.62. The van der Waals surface area contributed by atoms with Crippen LogP contribution in [0.1, 0.15) is 41.5 Å². The predicted molar refractivity (Wildman–Crippen MR) is 158 cm³/mol. The fourth-order valence-electron chi connectivity index (χ4n) is 5.35. The first-order valence-corrected chi connectivity index (χ1v) is 14.4. The molecule has 6 rings (SSSR count). The van der Waals surface area contributed by atoms with Crippen LogP contribution in [0.4, 0.5) is 5.69 Å². The van der Waals surface area contributed by atoms with Gasteiger partial charge in [0.15, 0.2) is 0 Å². The van der Waals surface area contributed by atoms with Crippen LogP contribution in [-0.4, -0.2) is 33.8 Å². The molecule has 7 heteroatoms. The first-order chi connectivity index (χ1) is 19.1. The van der Waals surface area contributed by atoms with Crippen molar-refractivity contribution in [3.8, 4) is 16.9 Å². The summed E-state index contributed by atoms with van der Waals surface area (Å²) in [6.07, 6.45) is 7.12. The van der Waals surface area contributed by atoms with Crippen LogP contribution in [0.3, 0.4) is 0 Å². The minimum Gasteiger partial charge on any atom is -0.493 e. The zero-order chi connectivity index (χ0) is 26.8. The lowest BCUT2D eigenvalue weighted by atomic mass is 9.93. The number of aryl methyl sites for hydroxylation is 1. The van der Waals surface area contributed by atoms with E-state index < -0.39 is 0 Å². The van der Waals surface area contributed by atoms with Crippen molar-refractivity contribution in [2.75, 3.05) is 18.1 Å². The maximum absolute atomic E-state index is 13.3. The Hall–Kier alpha value is -3.97. The van der Waals surface area contributed by atoms with Crippen LogP contribution < -0.4 is 9.64 Å². The average molecular weight is 537 g/mol. The monoisotopic (exact) mass is 536 g/mol. The number of rotatable bonds is 8. The third-order valence-electron chi connectivity index (χ3n) is 7.58. The molecular weight excluding hydrogens is 504 g/mol. The second kappa shape index (κ2) is 11.0. The second-order valence-corrected chi connectivity index (χ2v) is 11.1. The molecule has 0 N–H and O–H groups in total. The number of thiazole rings is 1. The van der Waals surface area contributed by atoms with E-state index in [0.29, 0.717) is 26.0 Å². The number of hydrogen-bond acceptors (Lipinski definition) is 5. The van der Waals surface area contributed by atoms with Crippen LogP contribution in [0.15, 0.2) is 72.5 Å². The van der Waals surface area contributed by atoms with Crippen LogP contribution in [0, 0.1) is 13.8 Å². The maximum Gasteiger partial charge on any atom is 0.227 e. The van der Waals surface area contributed by atoms with Crippen molar-refractivity contribution in [3.05, 3.63) is 94.8 Å². The summed E-state index contributed by atoms with van der Waals surface area (Å²) in [5.74, 6) is 1.06. The number of fused-ring (bicyclic) bond motifs is 2. The van der Waals surface area contributed by atoms with E-state index in [4.69, 9.17) is 4.74 Å². The Morgan fingerprint density at radius 1 is 1.10 bits per heavy atom. The summed E-state index contributed by atoms with van der Waals surface area (Å²) in [6.45, 7) is 6.15. The van der Waals surface area contributed by atoms with Gasteiger partial charge in [-0.15, -0.1) is 11.3 Å². The van der Waals surface area contributed by atoms with Gasteiger partial charge in [0.05, 0.1) is 35.1 Å². The number of carbonyl (C=O) groups excluding carboxylic acids is 1. The fraction of sp³-hybridized carbons (Fsp3) is 0.281. The van der Waals surface area contributed by atoms with E-state index >= 15 is 0 Å². The number of benzene rings is 3. The molecule has 5 aromatic rings. The summed E-state index contributed by atoms with van der Waals surface area (Å²) in [5, 5.41) is 4.66. The molecule has 1 amide bonds. The number of anilines is 1. The van der Waals surface area contributed by atoms with Crippen molar-refractivity contribution in [1.29, 1.82) is 0 Å².